The molecule has 186 valence electrons. The molecule has 3 atom stereocenters. The first-order chi connectivity index (χ1) is 17.0. The van der Waals surface area contributed by atoms with Crippen LogP contribution in [0.15, 0.2) is 48.5 Å². The van der Waals surface area contributed by atoms with Crippen molar-refractivity contribution in [3.8, 4) is 11.1 Å². The molecule has 2 amide bonds. The molecule has 7 nitrogen and oxygen atoms in total. The quantitative estimate of drug-likeness (QED) is 0.515. The maximum absolute atomic E-state index is 13.4. The predicted molar refractivity (Wildman–Crippen MR) is 136 cm³/mol. The Balaban J connectivity index is 1.45. The van der Waals surface area contributed by atoms with Crippen molar-refractivity contribution in [3.05, 3.63) is 59.7 Å². The van der Waals surface area contributed by atoms with Crippen molar-refractivity contribution in [2.45, 2.75) is 62.9 Å². The maximum atomic E-state index is 13.4. The van der Waals surface area contributed by atoms with Gasteiger partial charge in [0, 0.05) is 11.7 Å². The summed E-state index contributed by atoms with van der Waals surface area (Å²) >= 11 is 1.49. The number of hydrogen-bond acceptors (Lipinski definition) is 5. The third kappa shape index (κ3) is 5.17. The molecule has 2 aliphatic rings. The van der Waals surface area contributed by atoms with Gasteiger partial charge in [-0.05, 0) is 35.1 Å². The van der Waals surface area contributed by atoms with E-state index < -0.39 is 24.1 Å². The van der Waals surface area contributed by atoms with E-state index in [1.807, 2.05) is 38.1 Å². The molecular formula is C27H32N2O5S. The summed E-state index contributed by atoms with van der Waals surface area (Å²) in [6.45, 7) is 4.09. The maximum Gasteiger partial charge on any atom is 0.407 e. The van der Waals surface area contributed by atoms with E-state index in [1.165, 1.54) is 16.7 Å². The molecule has 1 fully saturated rings. The van der Waals surface area contributed by atoms with Crippen LogP contribution >= 0.6 is 11.8 Å². The molecule has 2 N–H and O–H groups in total. The highest BCUT2D eigenvalue weighted by Gasteiger charge is 2.43. The number of alkyl carbamates (subject to hydrolysis) is 1. The highest BCUT2D eigenvalue weighted by Crippen LogP contribution is 2.44. The molecule has 1 aliphatic carbocycles. The topological polar surface area (TPSA) is 95.9 Å². The Morgan fingerprint density at radius 2 is 1.69 bits per heavy atom. The van der Waals surface area contributed by atoms with Gasteiger partial charge in [0.1, 0.15) is 18.7 Å². The molecule has 0 spiro atoms. The third-order valence-corrected chi connectivity index (χ3v) is 8.03. The second-order valence-corrected chi connectivity index (χ2v) is 10.2. The van der Waals surface area contributed by atoms with E-state index in [9.17, 15) is 19.5 Å². The summed E-state index contributed by atoms with van der Waals surface area (Å²) in [6.07, 6.45) is 1.97. The second-order valence-electron chi connectivity index (χ2n) is 8.99. The van der Waals surface area contributed by atoms with Crippen LogP contribution in [0.25, 0.3) is 11.1 Å². The summed E-state index contributed by atoms with van der Waals surface area (Å²) in [5.41, 5.74) is 4.51. The number of carbonyl (C=O) groups excluding carboxylic acids is 2. The Kier molecular flexibility index (Phi) is 8.00. The van der Waals surface area contributed by atoms with Gasteiger partial charge in [0.05, 0.1) is 5.37 Å². The van der Waals surface area contributed by atoms with E-state index in [4.69, 9.17) is 4.74 Å². The van der Waals surface area contributed by atoms with Gasteiger partial charge < -0.3 is 20.1 Å². The van der Waals surface area contributed by atoms with Gasteiger partial charge in [0.2, 0.25) is 5.91 Å². The normalized spacial score (nSPS) is 19.7. The Bertz CT molecular complexity index is 1050. The Morgan fingerprint density at radius 1 is 1.06 bits per heavy atom. The van der Waals surface area contributed by atoms with Gasteiger partial charge in [-0.1, -0.05) is 75.2 Å². The summed E-state index contributed by atoms with van der Waals surface area (Å²) in [5, 5.41) is 12.2. The number of nitrogens with zero attached hydrogens (tertiary/aromatic N) is 1. The van der Waals surface area contributed by atoms with Crippen LogP contribution in [0.2, 0.25) is 0 Å². The minimum absolute atomic E-state index is 0.0752. The molecule has 35 heavy (non-hydrogen) atoms. The Morgan fingerprint density at radius 3 is 2.26 bits per heavy atom. The standard InChI is InChI=1S/C27H32N2O5S/c1-3-9-22(25(30)29-23(26(31)32)16-35-24(29)10-4-2)28-27(33)34-15-21-19-13-7-5-11-17(19)18-12-6-8-14-20(18)21/h5-8,11-14,21-24H,3-4,9-10,15-16H2,1-2H3,(H,28,33)(H,31,32)/t22-,23?,24?/m1/s1. The number of rotatable bonds is 9. The fourth-order valence-electron chi connectivity index (χ4n) is 5.03. The van der Waals surface area contributed by atoms with Gasteiger partial charge in [-0.15, -0.1) is 11.8 Å². The minimum atomic E-state index is -1.01. The van der Waals surface area contributed by atoms with Crippen molar-refractivity contribution < 1.29 is 24.2 Å². The second kappa shape index (κ2) is 11.2. The molecule has 1 heterocycles. The summed E-state index contributed by atoms with van der Waals surface area (Å²) in [5.74, 6) is -1.08. The van der Waals surface area contributed by atoms with Crippen molar-refractivity contribution in [1.29, 1.82) is 0 Å². The lowest BCUT2D eigenvalue weighted by Crippen LogP contribution is -2.54. The molecule has 0 saturated carbocycles. The monoisotopic (exact) mass is 496 g/mol. The highest BCUT2D eigenvalue weighted by atomic mass is 32.2. The number of fused-ring (bicyclic) bond motifs is 3. The first kappa shape index (κ1) is 25.1. The summed E-state index contributed by atoms with van der Waals surface area (Å²) in [4.78, 5) is 39.5. The number of aliphatic carboxylic acids is 1. The molecule has 1 saturated heterocycles. The molecule has 1 aliphatic heterocycles. The van der Waals surface area contributed by atoms with Crippen molar-refractivity contribution in [2.24, 2.45) is 0 Å². The smallest absolute Gasteiger partial charge is 0.407 e. The van der Waals surface area contributed by atoms with E-state index in [2.05, 4.69) is 29.6 Å². The van der Waals surface area contributed by atoms with E-state index in [-0.39, 0.29) is 23.8 Å². The fourth-order valence-corrected chi connectivity index (χ4v) is 6.55. The minimum Gasteiger partial charge on any atom is -0.480 e. The van der Waals surface area contributed by atoms with E-state index in [0.717, 1.165) is 28.7 Å². The van der Waals surface area contributed by atoms with Gasteiger partial charge in [-0.2, -0.15) is 0 Å². The molecule has 0 bridgehead atoms. The molecule has 4 rings (SSSR count). The largest absolute Gasteiger partial charge is 0.480 e. The number of carboxylic acid groups (broad SMARTS) is 1. The van der Waals surface area contributed by atoms with Gasteiger partial charge in [0.25, 0.3) is 0 Å². The van der Waals surface area contributed by atoms with Crippen LogP contribution in [0.1, 0.15) is 56.6 Å². The van der Waals surface area contributed by atoms with Crippen LogP contribution in [-0.4, -0.2) is 57.8 Å². The van der Waals surface area contributed by atoms with Crippen molar-refractivity contribution >= 4 is 29.7 Å². The van der Waals surface area contributed by atoms with Crippen LogP contribution in [0.3, 0.4) is 0 Å². The van der Waals surface area contributed by atoms with Gasteiger partial charge >= 0.3 is 12.1 Å². The number of amides is 2. The summed E-state index contributed by atoms with van der Waals surface area (Å²) in [7, 11) is 0. The van der Waals surface area contributed by atoms with Crippen molar-refractivity contribution in [2.75, 3.05) is 12.4 Å². The zero-order chi connectivity index (χ0) is 24.9. The summed E-state index contributed by atoms with van der Waals surface area (Å²) < 4.78 is 5.64. The molecule has 2 aromatic rings. The average Bonchev–Trinajstić information content (AvgIpc) is 3.42. The van der Waals surface area contributed by atoms with Gasteiger partial charge in [-0.3, -0.25) is 4.79 Å². The lowest BCUT2D eigenvalue weighted by atomic mass is 9.98. The van der Waals surface area contributed by atoms with Crippen molar-refractivity contribution in [3.63, 3.8) is 0 Å². The lowest BCUT2D eigenvalue weighted by Gasteiger charge is -2.31. The van der Waals surface area contributed by atoms with E-state index in [0.29, 0.717) is 25.0 Å². The van der Waals surface area contributed by atoms with Crippen LogP contribution in [-0.2, 0) is 14.3 Å². The zero-order valence-corrected chi connectivity index (χ0v) is 20.9. The van der Waals surface area contributed by atoms with Crippen LogP contribution in [0.5, 0.6) is 0 Å². The van der Waals surface area contributed by atoms with Gasteiger partial charge in [-0.25, -0.2) is 9.59 Å². The number of benzene rings is 2. The number of hydrogen-bond donors (Lipinski definition) is 2. The van der Waals surface area contributed by atoms with E-state index >= 15 is 0 Å². The average molecular weight is 497 g/mol. The highest BCUT2D eigenvalue weighted by molar-refractivity contribution is 8.00. The first-order valence-corrected chi connectivity index (χ1v) is 13.3. The zero-order valence-electron chi connectivity index (χ0n) is 20.1. The molecule has 0 aromatic heterocycles. The number of carbonyl (C=O) groups is 3. The molecular weight excluding hydrogens is 464 g/mol. The molecule has 0 radical (unpaired) electrons. The molecule has 2 unspecified atom stereocenters. The fraction of sp³-hybridized carbons (Fsp3) is 0.444. The lowest BCUT2D eigenvalue weighted by molar-refractivity contribution is -0.150. The van der Waals surface area contributed by atoms with E-state index in [1.54, 1.807) is 0 Å². The summed E-state index contributed by atoms with van der Waals surface area (Å²) in [6, 6.07) is 14.5. The third-order valence-electron chi connectivity index (χ3n) is 6.68. The van der Waals surface area contributed by atoms with Gasteiger partial charge in [0.15, 0.2) is 0 Å². The molecule has 2 aromatic carbocycles. The number of thioether (sulfide) groups is 1. The number of carboxylic acids is 1. The first-order valence-electron chi connectivity index (χ1n) is 12.2. The predicted octanol–water partition coefficient (Wildman–Crippen LogP) is 4.85. The Hall–Kier alpha value is -3.00. The van der Waals surface area contributed by atoms with Crippen molar-refractivity contribution in [1.82, 2.24) is 10.2 Å². The van der Waals surface area contributed by atoms with Crippen LogP contribution < -0.4 is 5.32 Å². The number of ether oxygens (including phenoxy) is 1. The SMILES string of the molecule is CCCC1SCC(C(=O)O)N1C(=O)[C@@H](CCC)NC(=O)OCC1c2ccccc2-c2ccccc21. The van der Waals surface area contributed by atoms with Crippen LogP contribution in [0, 0.1) is 0 Å². The van der Waals surface area contributed by atoms with Crippen LogP contribution in [0.4, 0.5) is 4.79 Å². The molecule has 8 heteroatoms. The Labute approximate surface area is 210 Å². The number of nitrogens with one attached hydrogen (secondary N) is 1.